The van der Waals surface area contributed by atoms with Crippen molar-refractivity contribution in [1.82, 2.24) is 4.40 Å². The van der Waals surface area contributed by atoms with Crippen LogP contribution >= 0.6 is 0 Å². The Kier molecular flexibility index (Phi) is 5.84. The van der Waals surface area contributed by atoms with E-state index in [0.29, 0.717) is 28.1 Å². The van der Waals surface area contributed by atoms with Gasteiger partial charge in [-0.25, -0.2) is 8.42 Å². The van der Waals surface area contributed by atoms with Gasteiger partial charge in [-0.1, -0.05) is 13.0 Å². The average Bonchev–Trinajstić information content (AvgIpc) is 2.98. The van der Waals surface area contributed by atoms with Crippen LogP contribution in [0.3, 0.4) is 0 Å². The molecule has 3 rings (SSSR count). The molecule has 0 aliphatic carbocycles. The molecule has 0 aliphatic heterocycles. The highest BCUT2D eigenvalue weighted by Crippen LogP contribution is 2.34. The van der Waals surface area contributed by atoms with Crippen molar-refractivity contribution in [2.24, 2.45) is 0 Å². The molecule has 1 N–H and O–H groups in total. The molecule has 8 nitrogen and oxygen atoms in total. The molecule has 0 saturated carbocycles. The Labute approximate surface area is 174 Å². The van der Waals surface area contributed by atoms with E-state index in [-0.39, 0.29) is 23.6 Å². The summed E-state index contributed by atoms with van der Waals surface area (Å²) in [6.45, 7) is 3.41. The molecule has 0 spiro atoms. The van der Waals surface area contributed by atoms with Crippen LogP contribution in [0.2, 0.25) is 0 Å². The third-order valence-electron chi connectivity index (χ3n) is 4.51. The lowest BCUT2D eigenvalue weighted by atomic mass is 10.0. The quantitative estimate of drug-likeness (QED) is 0.456. The van der Waals surface area contributed by atoms with Gasteiger partial charge in [-0.3, -0.25) is 14.3 Å². The molecule has 0 amide bonds. The first-order valence-corrected chi connectivity index (χ1v) is 11.1. The van der Waals surface area contributed by atoms with Crippen LogP contribution in [0.15, 0.2) is 42.6 Å². The number of pyridine rings is 1. The van der Waals surface area contributed by atoms with E-state index in [4.69, 9.17) is 9.47 Å². The lowest BCUT2D eigenvalue weighted by Gasteiger charge is -2.11. The summed E-state index contributed by atoms with van der Waals surface area (Å²) in [5, 5.41) is 0. The summed E-state index contributed by atoms with van der Waals surface area (Å²) in [4.78, 5) is 25.2. The largest absolute Gasteiger partial charge is 0.495 e. The molecular formula is C21H22N2O6S. The van der Waals surface area contributed by atoms with Crippen LogP contribution in [0.4, 0.5) is 5.69 Å². The number of anilines is 1. The molecule has 0 radical (unpaired) electrons. The third-order valence-corrected chi connectivity index (χ3v) is 5.10. The molecule has 30 heavy (non-hydrogen) atoms. The Hall–Kier alpha value is -3.33. The number of hydrogen-bond acceptors (Lipinski definition) is 6. The normalized spacial score (nSPS) is 11.3. The topological polar surface area (TPSA) is 103 Å². The van der Waals surface area contributed by atoms with Gasteiger partial charge in [-0.05, 0) is 37.3 Å². The number of carbonyl (C=O) groups excluding carboxylic acids is 2. The van der Waals surface area contributed by atoms with Crippen molar-refractivity contribution in [3.8, 4) is 11.5 Å². The summed E-state index contributed by atoms with van der Waals surface area (Å²) >= 11 is 0. The predicted molar refractivity (Wildman–Crippen MR) is 113 cm³/mol. The zero-order valence-corrected chi connectivity index (χ0v) is 17.9. The number of nitrogens with one attached hydrogen (secondary N) is 1. The lowest BCUT2D eigenvalue weighted by molar-refractivity contribution is -0.133. The Morgan fingerprint density at radius 1 is 1.17 bits per heavy atom. The maximum absolute atomic E-state index is 13.4. The number of esters is 1. The van der Waals surface area contributed by atoms with Gasteiger partial charge in [0.05, 0.1) is 24.6 Å². The Balaban J connectivity index is 2.11. The van der Waals surface area contributed by atoms with Crippen molar-refractivity contribution < 1.29 is 27.5 Å². The molecule has 0 fully saturated rings. The summed E-state index contributed by atoms with van der Waals surface area (Å²) in [5.74, 6) is -0.168. The molecule has 2 aromatic heterocycles. The summed E-state index contributed by atoms with van der Waals surface area (Å²) in [6.07, 6.45) is 2.95. The standard InChI is InChI=1S/C21H22N2O6S/c1-5-18(24)29-21-13(2)19(23-11-7-6-8-16(21)23)20(25)14-9-10-15(17(12-14)28-3)22-30(4,26)27/h6-12,22H,5H2,1-4H3. The number of aromatic nitrogens is 1. The van der Waals surface area contributed by atoms with Crippen molar-refractivity contribution in [1.29, 1.82) is 0 Å². The fourth-order valence-electron chi connectivity index (χ4n) is 3.15. The summed E-state index contributed by atoms with van der Waals surface area (Å²) < 4.78 is 37.8. The molecule has 3 aromatic rings. The van der Waals surface area contributed by atoms with E-state index in [1.807, 2.05) is 0 Å². The minimum absolute atomic E-state index is 0.207. The Bertz CT molecular complexity index is 1240. The van der Waals surface area contributed by atoms with Gasteiger partial charge in [-0.15, -0.1) is 0 Å². The molecule has 1 aromatic carbocycles. The number of methoxy groups -OCH3 is 1. The zero-order chi connectivity index (χ0) is 22.1. The van der Waals surface area contributed by atoms with Gasteiger partial charge in [0.25, 0.3) is 0 Å². The molecule has 0 unspecified atom stereocenters. The highest BCUT2D eigenvalue weighted by Gasteiger charge is 2.24. The van der Waals surface area contributed by atoms with Crippen LogP contribution in [-0.2, 0) is 14.8 Å². The van der Waals surface area contributed by atoms with Gasteiger partial charge >= 0.3 is 5.97 Å². The number of rotatable bonds is 7. The molecule has 0 atom stereocenters. The average molecular weight is 430 g/mol. The summed E-state index contributed by atoms with van der Waals surface area (Å²) in [7, 11) is -2.12. The van der Waals surface area contributed by atoms with E-state index >= 15 is 0 Å². The van der Waals surface area contributed by atoms with Crippen molar-refractivity contribution in [3.05, 3.63) is 59.4 Å². The van der Waals surface area contributed by atoms with Gasteiger partial charge in [0, 0.05) is 23.7 Å². The van der Waals surface area contributed by atoms with Crippen LogP contribution in [-0.4, -0.2) is 37.9 Å². The first-order valence-electron chi connectivity index (χ1n) is 9.17. The van der Waals surface area contributed by atoms with Crippen LogP contribution in [0.25, 0.3) is 5.52 Å². The number of sulfonamides is 1. The predicted octanol–water partition coefficient (Wildman–Crippen LogP) is 3.17. The fourth-order valence-corrected chi connectivity index (χ4v) is 3.72. The molecule has 9 heteroatoms. The van der Waals surface area contributed by atoms with Gasteiger partial charge in [0.2, 0.25) is 15.8 Å². The lowest BCUT2D eigenvalue weighted by Crippen LogP contribution is -2.12. The first kappa shape index (κ1) is 21.4. The van der Waals surface area contributed by atoms with Gasteiger partial charge in [0.15, 0.2) is 5.75 Å². The van der Waals surface area contributed by atoms with Crippen molar-refractivity contribution in [3.63, 3.8) is 0 Å². The number of nitrogens with zero attached hydrogens (tertiary/aromatic N) is 1. The van der Waals surface area contributed by atoms with Gasteiger partial charge in [-0.2, -0.15) is 0 Å². The number of ether oxygens (including phenoxy) is 2. The minimum Gasteiger partial charge on any atom is -0.495 e. The number of benzene rings is 1. The minimum atomic E-state index is -3.51. The van der Waals surface area contributed by atoms with E-state index < -0.39 is 16.0 Å². The van der Waals surface area contributed by atoms with E-state index in [0.717, 1.165) is 6.26 Å². The van der Waals surface area contributed by atoms with Crippen LogP contribution < -0.4 is 14.2 Å². The van der Waals surface area contributed by atoms with Crippen LogP contribution in [0, 0.1) is 6.92 Å². The maximum atomic E-state index is 13.4. The number of fused-ring (bicyclic) bond motifs is 1. The third kappa shape index (κ3) is 4.16. The maximum Gasteiger partial charge on any atom is 0.310 e. The number of carbonyl (C=O) groups is 2. The van der Waals surface area contributed by atoms with Crippen LogP contribution in [0.5, 0.6) is 11.5 Å². The molecular weight excluding hydrogens is 408 g/mol. The second-order valence-corrected chi connectivity index (χ2v) is 8.45. The monoisotopic (exact) mass is 430 g/mol. The molecule has 158 valence electrons. The fraction of sp³-hybridized carbons (Fsp3) is 0.238. The smallest absolute Gasteiger partial charge is 0.310 e. The van der Waals surface area contributed by atoms with Crippen molar-refractivity contribution in [2.45, 2.75) is 20.3 Å². The van der Waals surface area contributed by atoms with Gasteiger partial charge < -0.3 is 13.9 Å². The molecule has 0 aliphatic rings. The van der Waals surface area contributed by atoms with Crippen molar-refractivity contribution in [2.75, 3.05) is 18.1 Å². The Morgan fingerprint density at radius 2 is 1.90 bits per heavy atom. The van der Waals surface area contributed by atoms with Crippen molar-refractivity contribution >= 4 is 33.0 Å². The van der Waals surface area contributed by atoms with Gasteiger partial charge in [0.1, 0.15) is 11.4 Å². The second kappa shape index (κ2) is 8.19. The summed E-state index contributed by atoms with van der Waals surface area (Å²) in [6, 6.07) is 9.78. The second-order valence-electron chi connectivity index (χ2n) is 6.70. The molecule has 2 heterocycles. The van der Waals surface area contributed by atoms with E-state index in [1.54, 1.807) is 42.6 Å². The highest BCUT2D eigenvalue weighted by molar-refractivity contribution is 7.92. The van der Waals surface area contributed by atoms with E-state index in [1.165, 1.54) is 25.3 Å². The van der Waals surface area contributed by atoms with E-state index in [9.17, 15) is 18.0 Å². The first-order chi connectivity index (χ1) is 14.2. The number of hydrogen-bond donors (Lipinski definition) is 1. The highest BCUT2D eigenvalue weighted by atomic mass is 32.2. The summed E-state index contributed by atoms with van der Waals surface area (Å²) in [5.41, 5.74) is 2.00. The van der Waals surface area contributed by atoms with E-state index in [2.05, 4.69) is 4.72 Å². The zero-order valence-electron chi connectivity index (χ0n) is 17.1. The molecule has 0 bridgehead atoms. The Morgan fingerprint density at radius 3 is 2.53 bits per heavy atom. The SMILES string of the molecule is CCC(=O)Oc1c(C)c(C(=O)c2ccc(NS(C)(=O)=O)c(OC)c2)n2ccccc12. The number of ketones is 1. The van der Waals surface area contributed by atoms with Crippen LogP contribution in [0.1, 0.15) is 35.0 Å². The molecule has 0 saturated heterocycles.